The highest BCUT2D eigenvalue weighted by Gasteiger charge is 2.57. The molecule has 8 rings (SSSR count). The number of ether oxygens (including phenoxy) is 1. The van der Waals surface area contributed by atoms with E-state index in [0.29, 0.717) is 67.3 Å². The average molecular weight is 817 g/mol. The number of ketones is 1. The number of aliphatic hydroxyl groups is 2. The number of hydrogen-bond acceptors (Lipinski definition) is 5. The van der Waals surface area contributed by atoms with Crippen LogP contribution in [0.15, 0.2) is 139 Å². The van der Waals surface area contributed by atoms with Gasteiger partial charge in [-0.15, -0.1) is 13.2 Å². The zero-order valence-electron chi connectivity index (χ0n) is 33.9. The lowest BCUT2D eigenvalue weighted by molar-refractivity contribution is -0.274. The second-order valence-electron chi connectivity index (χ2n) is 16.6. The number of para-hydroxylation sites is 1. The number of urea groups is 1. The van der Waals surface area contributed by atoms with Crippen molar-refractivity contribution < 1.29 is 37.7 Å². The van der Waals surface area contributed by atoms with Crippen molar-refractivity contribution in [3.05, 3.63) is 167 Å². The number of allylic oxidation sites excluding steroid dienone is 2. The van der Waals surface area contributed by atoms with Crippen LogP contribution in [0, 0.1) is 5.41 Å². The summed E-state index contributed by atoms with van der Waals surface area (Å²) in [5.74, 6) is -0.820. The summed E-state index contributed by atoms with van der Waals surface area (Å²) in [7, 11) is 0. The molecule has 2 amide bonds. The molecule has 0 radical (unpaired) electrons. The molecule has 0 heterocycles. The van der Waals surface area contributed by atoms with Gasteiger partial charge in [-0.3, -0.25) is 4.79 Å². The topological polar surface area (TPSA) is 99.1 Å². The Morgan fingerprint density at radius 3 is 2.20 bits per heavy atom. The van der Waals surface area contributed by atoms with Crippen molar-refractivity contribution >= 4 is 17.5 Å². The largest absolute Gasteiger partial charge is 0.573 e. The average Bonchev–Trinajstić information content (AvgIpc) is 3.48. The molecule has 1 fully saturated rings. The van der Waals surface area contributed by atoms with E-state index in [-0.39, 0.29) is 30.5 Å². The van der Waals surface area contributed by atoms with Crippen LogP contribution in [0.1, 0.15) is 90.9 Å². The number of hydrogen-bond donors (Lipinski definition) is 3. The van der Waals surface area contributed by atoms with Crippen molar-refractivity contribution in [3.8, 4) is 16.9 Å². The molecule has 10 heteroatoms. The molecule has 0 saturated heterocycles. The van der Waals surface area contributed by atoms with Crippen LogP contribution in [0.4, 0.5) is 23.7 Å². The normalized spacial score (nSPS) is 21.9. The van der Waals surface area contributed by atoms with E-state index in [4.69, 9.17) is 0 Å². The van der Waals surface area contributed by atoms with Gasteiger partial charge in [0.05, 0.1) is 18.2 Å². The van der Waals surface area contributed by atoms with Crippen molar-refractivity contribution in [1.82, 2.24) is 4.90 Å². The Balaban J connectivity index is 1.26. The van der Waals surface area contributed by atoms with Gasteiger partial charge < -0.3 is 25.2 Å². The van der Waals surface area contributed by atoms with E-state index in [1.807, 2.05) is 85.8 Å². The van der Waals surface area contributed by atoms with E-state index in [0.717, 1.165) is 27.8 Å². The quantitative estimate of drug-likeness (QED) is 0.102. The molecule has 0 unspecified atom stereocenters. The number of amides is 2. The van der Waals surface area contributed by atoms with Crippen LogP contribution >= 0.6 is 0 Å². The zero-order valence-corrected chi connectivity index (χ0v) is 33.9. The lowest BCUT2D eigenvalue weighted by Crippen LogP contribution is -2.54. The Bertz CT molecular complexity index is 2300. The minimum absolute atomic E-state index is 0.00717. The first-order valence-electron chi connectivity index (χ1n) is 20.5. The van der Waals surface area contributed by atoms with E-state index in [2.05, 4.69) is 23.1 Å². The number of nitrogens with one attached hydrogen (secondary N) is 1. The van der Waals surface area contributed by atoms with Crippen LogP contribution < -0.4 is 10.1 Å². The lowest BCUT2D eigenvalue weighted by atomic mass is 9.64. The van der Waals surface area contributed by atoms with Gasteiger partial charge in [0.15, 0.2) is 5.78 Å². The third-order valence-electron chi connectivity index (χ3n) is 12.5. The molecule has 7 nitrogen and oxygen atoms in total. The van der Waals surface area contributed by atoms with Crippen molar-refractivity contribution in [3.63, 3.8) is 0 Å². The van der Waals surface area contributed by atoms with Gasteiger partial charge in [0.2, 0.25) is 0 Å². The molecule has 2 bridgehead atoms. The maximum absolute atomic E-state index is 14.7. The molecule has 3 aliphatic carbocycles. The summed E-state index contributed by atoms with van der Waals surface area (Å²) < 4.78 is 43.0. The molecule has 3 aliphatic rings. The highest BCUT2D eigenvalue weighted by atomic mass is 19.4. The van der Waals surface area contributed by atoms with Crippen molar-refractivity contribution in [2.45, 2.75) is 89.3 Å². The van der Waals surface area contributed by atoms with Crippen LogP contribution in [0.5, 0.6) is 5.75 Å². The fourth-order valence-corrected chi connectivity index (χ4v) is 9.05. The second kappa shape index (κ2) is 17.9. The fourth-order valence-electron chi connectivity index (χ4n) is 9.05. The molecule has 60 heavy (non-hydrogen) atoms. The molecule has 1 saturated carbocycles. The van der Waals surface area contributed by atoms with Gasteiger partial charge in [0, 0.05) is 28.8 Å². The van der Waals surface area contributed by atoms with Gasteiger partial charge in [0.1, 0.15) is 5.75 Å². The first kappa shape index (κ1) is 42.4. The Labute approximate surface area is 349 Å². The summed E-state index contributed by atoms with van der Waals surface area (Å²) in [5, 5.41) is 27.1. The van der Waals surface area contributed by atoms with Crippen LogP contribution in [0.25, 0.3) is 11.1 Å². The van der Waals surface area contributed by atoms with E-state index >= 15 is 0 Å². The molecular weight excluding hydrogens is 766 g/mol. The summed E-state index contributed by atoms with van der Waals surface area (Å²) in [6.45, 7) is 4.01. The van der Waals surface area contributed by atoms with Crippen LogP contribution in [-0.2, 0) is 13.0 Å². The number of nitrogens with zero attached hydrogens (tertiary/aromatic N) is 1. The van der Waals surface area contributed by atoms with E-state index < -0.39 is 29.5 Å². The number of alkyl halides is 3. The first-order valence-corrected chi connectivity index (χ1v) is 20.5. The minimum Gasteiger partial charge on any atom is -0.406 e. The van der Waals surface area contributed by atoms with Crippen molar-refractivity contribution in [2.75, 3.05) is 11.9 Å². The summed E-state index contributed by atoms with van der Waals surface area (Å²) in [6.07, 6.45) is 0.387. The number of benzene rings is 5. The van der Waals surface area contributed by atoms with Gasteiger partial charge >= 0.3 is 12.4 Å². The maximum Gasteiger partial charge on any atom is 0.573 e. The van der Waals surface area contributed by atoms with E-state index in [1.54, 1.807) is 24.3 Å². The number of anilines is 1. The van der Waals surface area contributed by atoms with Gasteiger partial charge in [-0.2, -0.15) is 0 Å². The van der Waals surface area contributed by atoms with Crippen LogP contribution in [-0.4, -0.2) is 51.5 Å². The highest BCUT2D eigenvalue weighted by molar-refractivity contribution is 6.10. The molecule has 3 N–H and O–H groups in total. The second-order valence-corrected chi connectivity index (χ2v) is 16.6. The number of halogens is 3. The summed E-state index contributed by atoms with van der Waals surface area (Å²) in [6, 6.07) is 37.2. The Hall–Kier alpha value is -5.71. The molecule has 0 aromatic heterocycles. The molecular formula is C50H51F3N2O5. The zero-order chi connectivity index (χ0) is 42.5. The lowest BCUT2D eigenvalue weighted by Gasteiger charge is -2.46. The Morgan fingerprint density at radius 2 is 1.52 bits per heavy atom. The van der Waals surface area contributed by atoms with E-state index in [9.17, 15) is 33.0 Å². The molecule has 312 valence electrons. The molecule has 0 spiro atoms. The van der Waals surface area contributed by atoms with Crippen LogP contribution in [0.3, 0.4) is 0 Å². The SMILES string of the molecule is CC1=CCC[C@@]2(C)[C@@H](CC[C@@]2(O)CN(Cc2ccc(OC(F)(F)F)cc2)C(=O)Nc2ccccc2)c2ccc(cc2C(=O)c2ccc(-c3ccccc3)cc2)C[C@@H](O)CC1. The summed E-state index contributed by atoms with van der Waals surface area (Å²) in [5.41, 5.74) is 4.67. The van der Waals surface area contributed by atoms with Crippen molar-refractivity contribution in [1.29, 1.82) is 0 Å². The predicted octanol–water partition coefficient (Wildman–Crippen LogP) is 11.3. The first-order chi connectivity index (χ1) is 28.7. The standard InChI is InChI=1S/C50H51F3N2O5/c1-34-10-9-28-48(2)45(43-26-18-36(30-41(56)23-15-34)31-44(43)46(57)39-21-19-38(20-22-39)37-11-5-3-6-12-37)27-29-49(48,59)33-55(47(58)54-40-13-7-4-8-14-40)32-35-16-24-42(25-17-35)60-50(51,52)53/h3-8,10-14,16-22,24-26,31,41,45,56,59H,9,15,23,27-30,32-33H2,1-2H3,(H,54,58)/t41-,45-,48-,49+/m0/s1. The maximum atomic E-state index is 14.7. The Kier molecular flexibility index (Phi) is 12.6. The third kappa shape index (κ3) is 9.83. The van der Waals surface area contributed by atoms with Gasteiger partial charge in [-0.05, 0) is 116 Å². The third-order valence-corrected chi connectivity index (χ3v) is 12.5. The fraction of sp³-hybridized carbons (Fsp3) is 0.320. The number of aliphatic hydroxyl groups excluding tert-OH is 1. The van der Waals surface area contributed by atoms with E-state index in [1.165, 1.54) is 29.2 Å². The molecule has 5 aromatic rings. The molecule has 4 atom stereocenters. The van der Waals surface area contributed by atoms with Crippen molar-refractivity contribution in [2.24, 2.45) is 5.41 Å². The van der Waals surface area contributed by atoms with Gasteiger partial charge in [0.25, 0.3) is 0 Å². The number of carbonyl (C=O) groups excluding carboxylic acids is 2. The van der Waals surface area contributed by atoms with Crippen LogP contribution in [0.2, 0.25) is 0 Å². The number of fused-ring (bicyclic) bond motifs is 8. The predicted molar refractivity (Wildman–Crippen MR) is 228 cm³/mol. The Morgan fingerprint density at radius 1 is 0.850 bits per heavy atom. The smallest absolute Gasteiger partial charge is 0.406 e. The summed E-state index contributed by atoms with van der Waals surface area (Å²) >= 11 is 0. The monoisotopic (exact) mass is 816 g/mol. The van der Waals surface area contributed by atoms with Gasteiger partial charge in [-0.25, -0.2) is 4.79 Å². The number of rotatable bonds is 9. The minimum atomic E-state index is -4.85. The summed E-state index contributed by atoms with van der Waals surface area (Å²) in [4.78, 5) is 30.4. The van der Waals surface area contributed by atoms with Gasteiger partial charge in [-0.1, -0.05) is 116 Å². The highest BCUT2D eigenvalue weighted by Crippen LogP contribution is 2.59. The molecule has 5 aromatic carbocycles. The molecule has 0 aliphatic heterocycles. The number of carbonyl (C=O) groups is 2.